The molecule has 0 saturated carbocycles. The van der Waals surface area contributed by atoms with Crippen LogP contribution in [-0.2, 0) is 13.1 Å². The van der Waals surface area contributed by atoms with E-state index in [2.05, 4.69) is 18.8 Å². The van der Waals surface area contributed by atoms with Gasteiger partial charge in [0.1, 0.15) is 17.2 Å². The molecule has 1 aromatic heterocycles. The van der Waals surface area contributed by atoms with E-state index in [1.165, 1.54) is 18.2 Å². The van der Waals surface area contributed by atoms with Crippen molar-refractivity contribution in [1.29, 1.82) is 0 Å². The quantitative estimate of drug-likeness (QED) is 0.508. The predicted octanol–water partition coefficient (Wildman–Crippen LogP) is 5.41. The first kappa shape index (κ1) is 21.0. The number of hydrogen-bond acceptors (Lipinski definition) is 2. The molecule has 1 amide bonds. The van der Waals surface area contributed by atoms with Gasteiger partial charge in [-0.05, 0) is 43.0 Å². The Bertz CT molecular complexity index is 997. The summed E-state index contributed by atoms with van der Waals surface area (Å²) in [5.74, 6) is -0.300. The van der Waals surface area contributed by atoms with Gasteiger partial charge in [-0.15, -0.1) is 0 Å². The van der Waals surface area contributed by atoms with E-state index in [1.807, 2.05) is 17.6 Å². The summed E-state index contributed by atoms with van der Waals surface area (Å²) in [6, 6.07) is 10.9. The Hall–Kier alpha value is -2.76. The molecule has 0 spiro atoms. The fraction of sp³-hybridized carbons (Fsp3) is 0.391. The van der Waals surface area contributed by atoms with E-state index in [0.717, 1.165) is 12.8 Å². The molecule has 0 radical (unpaired) electrons. The van der Waals surface area contributed by atoms with E-state index in [-0.39, 0.29) is 23.8 Å². The number of amides is 1. The van der Waals surface area contributed by atoms with E-state index in [0.29, 0.717) is 35.9 Å². The van der Waals surface area contributed by atoms with Crippen molar-refractivity contribution in [2.24, 2.45) is 5.92 Å². The van der Waals surface area contributed by atoms with Gasteiger partial charge in [0, 0.05) is 13.1 Å². The molecule has 0 unspecified atom stereocenters. The molecule has 0 atom stereocenters. The zero-order valence-corrected chi connectivity index (χ0v) is 17.2. The molecule has 3 aromatic rings. The van der Waals surface area contributed by atoms with Crippen LogP contribution < -0.4 is 0 Å². The molecule has 0 aliphatic heterocycles. The zero-order chi connectivity index (χ0) is 21.0. The average Bonchev–Trinajstić information content (AvgIpc) is 3.04. The van der Waals surface area contributed by atoms with Crippen molar-refractivity contribution in [3.63, 3.8) is 0 Å². The Morgan fingerprint density at radius 2 is 1.83 bits per heavy atom. The summed E-state index contributed by atoms with van der Waals surface area (Å²) in [5.41, 5.74) is 1.06. The number of rotatable bonds is 8. The molecule has 1 heterocycles. The number of aromatic nitrogens is 2. The lowest BCUT2D eigenvalue weighted by atomic mass is 10.1. The molecular formula is C23H27F2N3O. The maximum absolute atomic E-state index is 14.3. The van der Waals surface area contributed by atoms with Crippen LogP contribution in [0.4, 0.5) is 8.78 Å². The Kier molecular flexibility index (Phi) is 6.62. The van der Waals surface area contributed by atoms with Crippen molar-refractivity contribution >= 4 is 16.9 Å². The minimum Gasteiger partial charge on any atom is -0.331 e. The molecule has 0 N–H and O–H groups in total. The first-order chi connectivity index (χ1) is 13.9. The van der Waals surface area contributed by atoms with Gasteiger partial charge in [0.25, 0.3) is 5.91 Å². The summed E-state index contributed by atoms with van der Waals surface area (Å²) in [6.45, 7) is 7.54. The van der Waals surface area contributed by atoms with Crippen LogP contribution in [0.15, 0.2) is 42.5 Å². The van der Waals surface area contributed by atoms with Crippen molar-refractivity contribution in [2.75, 3.05) is 6.54 Å². The lowest BCUT2D eigenvalue weighted by Crippen LogP contribution is -2.34. The van der Waals surface area contributed by atoms with Crippen LogP contribution in [0.3, 0.4) is 0 Å². The standard InChI is InChI=1S/C23H27F2N3O/c1-4-13-28-20-11-7-10-19(25)22(20)26-21(28)15-27(14-12-16(2)3)23(29)17-8-5-6-9-18(17)24/h5-11,16H,4,12-15H2,1-3H3. The van der Waals surface area contributed by atoms with Gasteiger partial charge in [0.2, 0.25) is 0 Å². The zero-order valence-electron chi connectivity index (χ0n) is 17.2. The second kappa shape index (κ2) is 9.16. The van der Waals surface area contributed by atoms with Crippen LogP contribution in [0.1, 0.15) is 49.8 Å². The molecular weight excluding hydrogens is 372 g/mol. The lowest BCUT2D eigenvalue weighted by Gasteiger charge is -2.24. The van der Waals surface area contributed by atoms with Crippen LogP contribution >= 0.6 is 0 Å². The maximum atomic E-state index is 14.3. The Morgan fingerprint density at radius 3 is 2.52 bits per heavy atom. The van der Waals surface area contributed by atoms with Crippen LogP contribution in [-0.4, -0.2) is 26.9 Å². The van der Waals surface area contributed by atoms with Gasteiger partial charge in [-0.2, -0.15) is 0 Å². The summed E-state index contributed by atoms with van der Waals surface area (Å²) in [7, 11) is 0. The second-order valence-corrected chi connectivity index (χ2v) is 7.68. The van der Waals surface area contributed by atoms with E-state index in [1.54, 1.807) is 23.1 Å². The summed E-state index contributed by atoms with van der Waals surface area (Å²) < 4.78 is 30.5. The van der Waals surface area contributed by atoms with Gasteiger partial charge in [0.15, 0.2) is 5.82 Å². The minimum absolute atomic E-state index is 0.0422. The smallest absolute Gasteiger partial charge is 0.257 e. The topological polar surface area (TPSA) is 38.1 Å². The number of nitrogens with zero attached hydrogens (tertiary/aromatic N) is 3. The number of fused-ring (bicyclic) bond motifs is 1. The number of halogens is 2. The molecule has 3 rings (SSSR count). The predicted molar refractivity (Wildman–Crippen MR) is 111 cm³/mol. The second-order valence-electron chi connectivity index (χ2n) is 7.68. The SMILES string of the molecule is CCCn1c(CN(CCC(C)C)C(=O)c2ccccc2F)nc2c(F)cccc21. The van der Waals surface area contributed by atoms with Gasteiger partial charge in [-0.3, -0.25) is 4.79 Å². The Balaban J connectivity index is 1.99. The first-order valence-corrected chi connectivity index (χ1v) is 10.1. The monoisotopic (exact) mass is 399 g/mol. The van der Waals surface area contributed by atoms with Crippen molar-refractivity contribution in [3.8, 4) is 0 Å². The number of hydrogen-bond donors (Lipinski definition) is 0. The van der Waals surface area contributed by atoms with Crippen LogP contribution in [0, 0.1) is 17.6 Å². The van der Waals surface area contributed by atoms with E-state index < -0.39 is 5.82 Å². The summed E-state index contributed by atoms with van der Waals surface area (Å²) in [6.07, 6.45) is 1.63. The lowest BCUT2D eigenvalue weighted by molar-refractivity contribution is 0.0724. The Labute approximate surface area is 170 Å². The van der Waals surface area contributed by atoms with Crippen molar-refractivity contribution in [2.45, 2.75) is 46.7 Å². The number of carbonyl (C=O) groups is 1. The Morgan fingerprint density at radius 1 is 1.10 bits per heavy atom. The van der Waals surface area contributed by atoms with Gasteiger partial charge in [-0.1, -0.05) is 39.0 Å². The van der Waals surface area contributed by atoms with E-state index in [4.69, 9.17) is 0 Å². The largest absolute Gasteiger partial charge is 0.331 e. The maximum Gasteiger partial charge on any atom is 0.257 e. The average molecular weight is 399 g/mol. The molecule has 0 aliphatic carbocycles. The highest BCUT2D eigenvalue weighted by Gasteiger charge is 2.23. The molecule has 29 heavy (non-hydrogen) atoms. The molecule has 154 valence electrons. The van der Waals surface area contributed by atoms with Crippen molar-refractivity contribution in [3.05, 3.63) is 65.5 Å². The highest BCUT2D eigenvalue weighted by atomic mass is 19.1. The highest BCUT2D eigenvalue weighted by molar-refractivity contribution is 5.94. The van der Waals surface area contributed by atoms with Crippen LogP contribution in [0.5, 0.6) is 0 Å². The molecule has 0 fully saturated rings. The number of aryl methyl sites for hydroxylation is 1. The van der Waals surface area contributed by atoms with Crippen molar-refractivity contribution in [1.82, 2.24) is 14.5 Å². The number of carbonyl (C=O) groups excluding carboxylic acids is 1. The van der Waals surface area contributed by atoms with Crippen LogP contribution in [0.2, 0.25) is 0 Å². The number of benzene rings is 2. The van der Waals surface area contributed by atoms with Gasteiger partial charge < -0.3 is 9.47 Å². The van der Waals surface area contributed by atoms with E-state index >= 15 is 0 Å². The van der Waals surface area contributed by atoms with Crippen molar-refractivity contribution < 1.29 is 13.6 Å². The normalized spacial score (nSPS) is 11.4. The minimum atomic E-state index is -0.542. The van der Waals surface area contributed by atoms with Gasteiger partial charge in [-0.25, -0.2) is 13.8 Å². The third kappa shape index (κ3) is 4.63. The summed E-state index contributed by atoms with van der Waals surface area (Å²) in [5, 5.41) is 0. The van der Waals surface area contributed by atoms with Gasteiger partial charge in [0.05, 0.1) is 17.6 Å². The molecule has 4 nitrogen and oxygen atoms in total. The molecule has 0 saturated heterocycles. The summed E-state index contributed by atoms with van der Waals surface area (Å²) >= 11 is 0. The molecule has 2 aromatic carbocycles. The molecule has 0 aliphatic rings. The van der Waals surface area contributed by atoms with Gasteiger partial charge >= 0.3 is 0 Å². The fourth-order valence-corrected chi connectivity index (χ4v) is 3.40. The number of imidazole rings is 1. The molecule has 0 bridgehead atoms. The third-order valence-corrected chi connectivity index (χ3v) is 4.96. The van der Waals surface area contributed by atoms with E-state index in [9.17, 15) is 13.6 Å². The third-order valence-electron chi connectivity index (χ3n) is 4.96. The fourth-order valence-electron chi connectivity index (χ4n) is 3.40. The number of para-hydroxylation sites is 1. The highest BCUT2D eigenvalue weighted by Crippen LogP contribution is 2.22. The van der Waals surface area contributed by atoms with Crippen LogP contribution in [0.25, 0.3) is 11.0 Å². The molecule has 6 heteroatoms. The first-order valence-electron chi connectivity index (χ1n) is 10.1. The summed E-state index contributed by atoms with van der Waals surface area (Å²) in [4.78, 5) is 19.2.